The number of aliphatic hydroxyl groups is 1. The van der Waals surface area contributed by atoms with Gasteiger partial charge in [-0.1, -0.05) is 5.16 Å². The first-order valence-corrected chi connectivity index (χ1v) is 8.54. The first-order valence-electron chi connectivity index (χ1n) is 8.54. The molecular formula is C16H28N4O3. The van der Waals surface area contributed by atoms with Crippen LogP contribution in [0.2, 0.25) is 0 Å². The molecule has 1 aromatic rings. The Morgan fingerprint density at radius 1 is 1.04 bits per heavy atom. The molecule has 1 N–H and O–H groups in total. The Hall–Kier alpha value is -0.990. The lowest BCUT2D eigenvalue weighted by Gasteiger charge is -2.36. The van der Waals surface area contributed by atoms with Crippen LogP contribution >= 0.6 is 0 Å². The maximum Gasteiger partial charge on any atom is 0.133 e. The number of hydrogen-bond acceptors (Lipinski definition) is 7. The maximum absolute atomic E-state index is 10.3. The molecule has 1 aromatic heterocycles. The summed E-state index contributed by atoms with van der Waals surface area (Å²) in [5, 5.41) is 14.4. The highest BCUT2D eigenvalue weighted by atomic mass is 16.5. The highest BCUT2D eigenvalue weighted by Crippen LogP contribution is 2.10. The smallest absolute Gasteiger partial charge is 0.133 e. The lowest BCUT2D eigenvalue weighted by molar-refractivity contribution is 0.00210. The summed E-state index contributed by atoms with van der Waals surface area (Å²) in [5.74, 6) is 0.866. The second-order valence-corrected chi connectivity index (χ2v) is 6.57. The van der Waals surface area contributed by atoms with Crippen LogP contribution < -0.4 is 0 Å². The monoisotopic (exact) mass is 324 g/mol. The van der Waals surface area contributed by atoms with E-state index >= 15 is 0 Å². The van der Waals surface area contributed by atoms with Crippen molar-refractivity contribution in [2.75, 3.05) is 65.6 Å². The highest BCUT2D eigenvalue weighted by Gasteiger charge is 2.21. The second-order valence-electron chi connectivity index (χ2n) is 6.57. The van der Waals surface area contributed by atoms with Crippen molar-refractivity contribution in [2.24, 2.45) is 0 Å². The van der Waals surface area contributed by atoms with E-state index in [1.165, 1.54) is 0 Å². The summed E-state index contributed by atoms with van der Waals surface area (Å²) in [6, 6.07) is 2.00. The number of β-amino-alcohol motifs (C(OH)–C–C–N with tert-alkyl or cyclic N) is 1. The van der Waals surface area contributed by atoms with Crippen LogP contribution in [0.4, 0.5) is 0 Å². The molecule has 0 spiro atoms. The Morgan fingerprint density at radius 3 is 2.26 bits per heavy atom. The number of hydrogen-bond donors (Lipinski definition) is 1. The maximum atomic E-state index is 10.3. The van der Waals surface area contributed by atoms with E-state index in [1.54, 1.807) is 0 Å². The Morgan fingerprint density at radius 2 is 1.65 bits per heavy atom. The summed E-state index contributed by atoms with van der Waals surface area (Å²) in [6.45, 7) is 11.7. The number of piperazine rings is 1. The van der Waals surface area contributed by atoms with Crippen LogP contribution in [-0.4, -0.2) is 96.6 Å². The lowest BCUT2D eigenvalue weighted by Crippen LogP contribution is -2.50. The van der Waals surface area contributed by atoms with Crippen LogP contribution in [0, 0.1) is 6.92 Å². The minimum Gasteiger partial charge on any atom is -0.390 e. The molecule has 2 saturated heterocycles. The van der Waals surface area contributed by atoms with Crippen molar-refractivity contribution in [3.63, 3.8) is 0 Å². The van der Waals surface area contributed by atoms with Gasteiger partial charge in [0.05, 0.1) is 25.0 Å². The molecule has 2 aliphatic heterocycles. The molecule has 2 fully saturated rings. The number of aromatic nitrogens is 1. The second kappa shape index (κ2) is 8.21. The van der Waals surface area contributed by atoms with Gasteiger partial charge >= 0.3 is 0 Å². The fourth-order valence-corrected chi connectivity index (χ4v) is 3.29. The van der Waals surface area contributed by atoms with Crippen LogP contribution in [0.15, 0.2) is 10.6 Å². The fraction of sp³-hybridized carbons (Fsp3) is 0.812. The predicted octanol–water partition coefficient (Wildman–Crippen LogP) is -0.206. The fourth-order valence-electron chi connectivity index (χ4n) is 3.29. The first kappa shape index (κ1) is 16.9. The molecule has 0 radical (unpaired) electrons. The van der Waals surface area contributed by atoms with Gasteiger partial charge in [0.15, 0.2) is 0 Å². The van der Waals surface area contributed by atoms with Gasteiger partial charge in [0, 0.05) is 65.0 Å². The molecule has 3 heterocycles. The molecule has 1 atom stereocenters. The summed E-state index contributed by atoms with van der Waals surface area (Å²) in [7, 11) is 0. The van der Waals surface area contributed by atoms with Gasteiger partial charge in [0.25, 0.3) is 0 Å². The van der Waals surface area contributed by atoms with Crippen LogP contribution in [-0.2, 0) is 11.3 Å². The zero-order valence-electron chi connectivity index (χ0n) is 14.0. The van der Waals surface area contributed by atoms with Gasteiger partial charge in [-0.2, -0.15) is 0 Å². The zero-order chi connectivity index (χ0) is 16.1. The molecule has 0 aromatic carbocycles. The summed E-state index contributed by atoms with van der Waals surface area (Å²) in [6.07, 6.45) is -0.280. The molecular weight excluding hydrogens is 296 g/mol. The third-order valence-electron chi connectivity index (χ3n) is 4.57. The average molecular weight is 324 g/mol. The molecule has 3 rings (SSSR count). The molecule has 2 aliphatic rings. The van der Waals surface area contributed by atoms with E-state index in [9.17, 15) is 5.11 Å². The molecule has 0 amide bonds. The molecule has 7 nitrogen and oxygen atoms in total. The summed E-state index contributed by atoms with van der Waals surface area (Å²) < 4.78 is 10.5. The van der Waals surface area contributed by atoms with Crippen molar-refractivity contribution in [3.05, 3.63) is 17.5 Å². The van der Waals surface area contributed by atoms with Crippen molar-refractivity contribution in [1.82, 2.24) is 19.9 Å². The first-order chi connectivity index (χ1) is 11.2. The number of aryl methyl sites for hydroxylation is 1. The average Bonchev–Trinajstić information content (AvgIpc) is 2.95. The van der Waals surface area contributed by atoms with Gasteiger partial charge in [-0.15, -0.1) is 0 Å². The predicted molar refractivity (Wildman–Crippen MR) is 86.2 cm³/mol. The third-order valence-corrected chi connectivity index (χ3v) is 4.57. The molecule has 7 heteroatoms. The molecule has 0 saturated carbocycles. The Bertz CT molecular complexity index is 468. The van der Waals surface area contributed by atoms with E-state index in [1.807, 2.05) is 13.0 Å². The van der Waals surface area contributed by atoms with Gasteiger partial charge < -0.3 is 14.4 Å². The molecule has 0 bridgehead atoms. The normalized spacial score (nSPS) is 23.2. The largest absolute Gasteiger partial charge is 0.390 e. The standard InChI is InChI=1S/C16H28N4O3/c1-14-10-15(17-23-14)11-18-2-4-19(5-3-18)12-16(21)13-20-6-8-22-9-7-20/h10,16,21H,2-9,11-13H2,1H3. The molecule has 130 valence electrons. The van der Waals surface area contributed by atoms with Crippen molar-refractivity contribution in [3.8, 4) is 0 Å². The zero-order valence-corrected chi connectivity index (χ0v) is 14.0. The molecule has 1 unspecified atom stereocenters. The Labute approximate surface area is 137 Å². The lowest BCUT2D eigenvalue weighted by atomic mass is 10.2. The van der Waals surface area contributed by atoms with Crippen LogP contribution in [0.3, 0.4) is 0 Å². The highest BCUT2D eigenvalue weighted by molar-refractivity contribution is 5.03. The van der Waals surface area contributed by atoms with Crippen molar-refractivity contribution < 1.29 is 14.4 Å². The van der Waals surface area contributed by atoms with Crippen LogP contribution in [0.1, 0.15) is 11.5 Å². The van der Waals surface area contributed by atoms with Gasteiger partial charge in [-0.25, -0.2) is 0 Å². The Kier molecular flexibility index (Phi) is 6.02. The number of aliphatic hydroxyl groups excluding tert-OH is 1. The SMILES string of the molecule is Cc1cc(CN2CCN(CC(O)CN3CCOCC3)CC2)no1. The Balaban J connectivity index is 1.35. The van der Waals surface area contributed by atoms with E-state index in [2.05, 4.69) is 19.9 Å². The van der Waals surface area contributed by atoms with E-state index < -0.39 is 0 Å². The third kappa shape index (κ3) is 5.26. The minimum atomic E-state index is -0.280. The summed E-state index contributed by atoms with van der Waals surface area (Å²) in [4.78, 5) is 7.04. The van der Waals surface area contributed by atoms with E-state index in [-0.39, 0.29) is 6.10 Å². The number of ether oxygens (including phenoxy) is 1. The molecule has 23 heavy (non-hydrogen) atoms. The van der Waals surface area contributed by atoms with Crippen molar-refractivity contribution >= 4 is 0 Å². The number of nitrogens with zero attached hydrogens (tertiary/aromatic N) is 4. The minimum absolute atomic E-state index is 0.280. The topological polar surface area (TPSA) is 65.2 Å². The number of morpholine rings is 1. The van der Waals surface area contributed by atoms with Gasteiger partial charge in [-0.05, 0) is 6.92 Å². The molecule has 0 aliphatic carbocycles. The van der Waals surface area contributed by atoms with Gasteiger partial charge in [0.1, 0.15) is 5.76 Å². The van der Waals surface area contributed by atoms with E-state index in [0.717, 1.165) is 83.6 Å². The quantitative estimate of drug-likeness (QED) is 0.777. The van der Waals surface area contributed by atoms with Gasteiger partial charge in [-0.3, -0.25) is 14.7 Å². The van der Waals surface area contributed by atoms with Crippen molar-refractivity contribution in [2.45, 2.75) is 19.6 Å². The summed E-state index contributed by atoms with van der Waals surface area (Å²) >= 11 is 0. The van der Waals surface area contributed by atoms with Gasteiger partial charge in [0.2, 0.25) is 0 Å². The van der Waals surface area contributed by atoms with E-state index in [0.29, 0.717) is 0 Å². The van der Waals surface area contributed by atoms with Crippen LogP contribution in [0.25, 0.3) is 0 Å². The summed E-state index contributed by atoms with van der Waals surface area (Å²) in [5.41, 5.74) is 1.00. The van der Waals surface area contributed by atoms with Crippen molar-refractivity contribution in [1.29, 1.82) is 0 Å². The van der Waals surface area contributed by atoms with E-state index in [4.69, 9.17) is 9.26 Å². The number of rotatable bonds is 6. The van der Waals surface area contributed by atoms with Crippen LogP contribution in [0.5, 0.6) is 0 Å².